The highest BCUT2D eigenvalue weighted by atomic mass is 16.2. The molecule has 3 heterocycles. The maximum Gasteiger partial charge on any atom is 0.323 e. The molecule has 0 saturated carbocycles. The van der Waals surface area contributed by atoms with E-state index >= 15 is 0 Å². The molecule has 0 fully saturated rings. The van der Waals surface area contributed by atoms with Gasteiger partial charge in [0.2, 0.25) is 0 Å². The molecule has 0 aliphatic carbocycles. The van der Waals surface area contributed by atoms with Gasteiger partial charge in [-0.3, -0.25) is 10.00 Å². The average Bonchev–Trinajstić information content (AvgIpc) is 3.01. The van der Waals surface area contributed by atoms with Crippen molar-refractivity contribution in [1.82, 2.24) is 24.6 Å². The molecule has 1 aromatic carbocycles. The topological polar surface area (TPSA) is 75.9 Å². The highest BCUT2D eigenvalue weighted by Gasteiger charge is 2.22. The van der Waals surface area contributed by atoms with Gasteiger partial charge in [0.15, 0.2) is 5.82 Å². The Morgan fingerprint density at radius 1 is 1.27 bits per heavy atom. The second-order valence-corrected chi connectivity index (χ2v) is 6.44. The third-order valence-electron chi connectivity index (χ3n) is 4.51. The van der Waals surface area contributed by atoms with E-state index in [1.807, 2.05) is 36.0 Å². The summed E-state index contributed by atoms with van der Waals surface area (Å²) < 4.78 is 1.85. The molecule has 26 heavy (non-hydrogen) atoms. The number of nitrogens with one attached hydrogen (secondary N) is 1. The van der Waals surface area contributed by atoms with Crippen LogP contribution in [-0.4, -0.2) is 37.2 Å². The minimum absolute atomic E-state index is 0.146. The Labute approximate surface area is 151 Å². The lowest BCUT2D eigenvalue weighted by Crippen LogP contribution is -2.39. The van der Waals surface area contributed by atoms with Crippen LogP contribution in [0.2, 0.25) is 0 Å². The molecular formula is C19H20N6O. The number of aromatic nitrogens is 4. The maximum absolute atomic E-state index is 12.6. The molecule has 3 aromatic rings. The Kier molecular flexibility index (Phi) is 4.35. The summed E-state index contributed by atoms with van der Waals surface area (Å²) in [6, 6.07) is 9.97. The number of rotatable bonds is 3. The first-order chi connectivity index (χ1) is 12.7. The van der Waals surface area contributed by atoms with E-state index in [9.17, 15) is 4.79 Å². The van der Waals surface area contributed by atoms with E-state index in [0.717, 1.165) is 23.2 Å². The second-order valence-electron chi connectivity index (χ2n) is 6.44. The van der Waals surface area contributed by atoms with Crippen LogP contribution in [0.5, 0.6) is 0 Å². The van der Waals surface area contributed by atoms with E-state index in [2.05, 4.69) is 32.5 Å². The van der Waals surface area contributed by atoms with Crippen LogP contribution in [-0.2, 0) is 19.5 Å². The molecule has 7 nitrogen and oxygen atoms in total. The molecule has 0 bridgehead atoms. The van der Waals surface area contributed by atoms with Crippen molar-refractivity contribution in [2.24, 2.45) is 0 Å². The fourth-order valence-corrected chi connectivity index (χ4v) is 3.12. The summed E-state index contributed by atoms with van der Waals surface area (Å²) in [5.41, 5.74) is 4.13. The van der Waals surface area contributed by atoms with Crippen LogP contribution in [0.3, 0.4) is 0 Å². The van der Waals surface area contributed by atoms with Crippen molar-refractivity contribution in [1.29, 1.82) is 0 Å². The third-order valence-corrected chi connectivity index (χ3v) is 4.51. The molecule has 2 amide bonds. The van der Waals surface area contributed by atoms with Gasteiger partial charge in [-0.05, 0) is 12.5 Å². The summed E-state index contributed by atoms with van der Waals surface area (Å²) in [7, 11) is 0. The van der Waals surface area contributed by atoms with Crippen molar-refractivity contribution >= 4 is 11.8 Å². The maximum atomic E-state index is 12.6. The molecule has 132 valence electrons. The molecule has 1 N–H and O–H groups in total. The molecule has 4 rings (SSSR count). The number of anilines is 1. The number of hydrogen-bond donors (Lipinski definition) is 1. The zero-order valence-corrected chi connectivity index (χ0v) is 14.6. The number of benzene rings is 1. The fourth-order valence-electron chi connectivity index (χ4n) is 3.12. The number of fused-ring (bicyclic) bond motifs is 1. The summed E-state index contributed by atoms with van der Waals surface area (Å²) in [6.45, 7) is 3.78. The van der Waals surface area contributed by atoms with Gasteiger partial charge >= 0.3 is 6.03 Å². The van der Waals surface area contributed by atoms with Gasteiger partial charge < -0.3 is 4.90 Å². The Balaban J connectivity index is 1.43. The minimum Gasteiger partial charge on any atom is -0.320 e. The van der Waals surface area contributed by atoms with Crippen LogP contribution in [0.15, 0.2) is 49.1 Å². The van der Waals surface area contributed by atoms with Crippen LogP contribution in [0.1, 0.15) is 22.4 Å². The van der Waals surface area contributed by atoms with E-state index < -0.39 is 0 Å². The van der Waals surface area contributed by atoms with Crippen LogP contribution in [0, 0.1) is 6.92 Å². The third kappa shape index (κ3) is 3.42. The largest absolute Gasteiger partial charge is 0.323 e. The van der Waals surface area contributed by atoms with Gasteiger partial charge in [-0.1, -0.05) is 30.3 Å². The van der Waals surface area contributed by atoms with Gasteiger partial charge in [0.05, 0.1) is 18.8 Å². The molecule has 2 aromatic heterocycles. The fraction of sp³-hybridized carbons (Fsp3) is 0.263. The summed E-state index contributed by atoms with van der Waals surface area (Å²) in [4.78, 5) is 22.7. The second kappa shape index (κ2) is 6.95. The van der Waals surface area contributed by atoms with Crippen molar-refractivity contribution in [3.63, 3.8) is 0 Å². The lowest BCUT2D eigenvalue weighted by Gasteiger charge is -2.27. The number of carbonyl (C=O) groups is 1. The van der Waals surface area contributed by atoms with Crippen LogP contribution < -0.4 is 5.32 Å². The predicted octanol–water partition coefficient (Wildman–Crippen LogP) is 2.62. The Hall–Kier alpha value is -3.22. The van der Waals surface area contributed by atoms with Crippen molar-refractivity contribution in [3.05, 3.63) is 71.4 Å². The molecule has 7 heteroatoms. The van der Waals surface area contributed by atoms with Crippen LogP contribution >= 0.6 is 0 Å². The number of aryl methyl sites for hydroxylation is 1. The highest BCUT2D eigenvalue weighted by Crippen LogP contribution is 2.18. The first-order valence-electron chi connectivity index (χ1n) is 8.61. The standard InChI is InChI=1S/C19H20N6O/c1-14-10-25(11-15-5-3-2-4-6-15)23-18(14)22-19(26)24-8-7-17-16(12-24)9-20-13-21-17/h2-6,9-10,13H,7-8,11-12H2,1H3,(H,22,23,26). The predicted molar refractivity (Wildman–Crippen MR) is 97.7 cm³/mol. The lowest BCUT2D eigenvalue weighted by molar-refractivity contribution is 0.205. The molecule has 0 spiro atoms. The molecule has 0 radical (unpaired) electrons. The molecule has 0 saturated heterocycles. The summed E-state index contributed by atoms with van der Waals surface area (Å²) in [5, 5.41) is 7.45. The Morgan fingerprint density at radius 3 is 2.96 bits per heavy atom. The number of carbonyl (C=O) groups excluding carboxylic acids is 1. The molecule has 1 aliphatic heterocycles. The number of nitrogens with zero attached hydrogens (tertiary/aromatic N) is 5. The molecular weight excluding hydrogens is 328 g/mol. The normalized spacial score (nSPS) is 13.3. The van der Waals surface area contributed by atoms with Crippen molar-refractivity contribution in [2.45, 2.75) is 26.4 Å². The summed E-state index contributed by atoms with van der Waals surface area (Å²) >= 11 is 0. The Morgan fingerprint density at radius 2 is 2.12 bits per heavy atom. The van der Waals surface area contributed by atoms with Gasteiger partial charge in [0, 0.05) is 36.5 Å². The van der Waals surface area contributed by atoms with Crippen LogP contribution in [0.4, 0.5) is 10.6 Å². The SMILES string of the molecule is Cc1cn(Cc2ccccc2)nc1NC(=O)N1CCc2ncncc2C1. The van der Waals surface area contributed by atoms with Gasteiger partial charge in [0.25, 0.3) is 0 Å². The van der Waals surface area contributed by atoms with Crippen molar-refractivity contribution < 1.29 is 4.79 Å². The van der Waals surface area contributed by atoms with E-state index in [-0.39, 0.29) is 6.03 Å². The van der Waals surface area contributed by atoms with Gasteiger partial charge in [0.1, 0.15) is 6.33 Å². The van der Waals surface area contributed by atoms with Crippen molar-refractivity contribution in [2.75, 3.05) is 11.9 Å². The zero-order valence-electron chi connectivity index (χ0n) is 14.6. The van der Waals surface area contributed by atoms with E-state index in [0.29, 0.717) is 25.5 Å². The van der Waals surface area contributed by atoms with Gasteiger partial charge in [-0.2, -0.15) is 5.10 Å². The zero-order chi connectivity index (χ0) is 17.9. The monoisotopic (exact) mass is 348 g/mol. The molecule has 1 aliphatic rings. The lowest BCUT2D eigenvalue weighted by atomic mass is 10.1. The minimum atomic E-state index is -0.146. The number of urea groups is 1. The van der Waals surface area contributed by atoms with Gasteiger partial charge in [-0.25, -0.2) is 14.8 Å². The molecule has 0 unspecified atom stereocenters. The number of amides is 2. The molecule has 0 atom stereocenters. The Bertz CT molecular complexity index is 921. The van der Waals surface area contributed by atoms with Crippen molar-refractivity contribution in [3.8, 4) is 0 Å². The summed E-state index contributed by atoms with van der Waals surface area (Å²) in [6.07, 6.45) is 6.02. The quantitative estimate of drug-likeness (QED) is 0.789. The first-order valence-corrected chi connectivity index (χ1v) is 8.61. The average molecular weight is 348 g/mol. The highest BCUT2D eigenvalue weighted by molar-refractivity contribution is 5.89. The van der Waals surface area contributed by atoms with E-state index in [1.54, 1.807) is 17.4 Å². The van der Waals surface area contributed by atoms with Crippen LogP contribution in [0.25, 0.3) is 0 Å². The van der Waals surface area contributed by atoms with E-state index in [4.69, 9.17) is 0 Å². The summed E-state index contributed by atoms with van der Waals surface area (Å²) in [5.74, 6) is 0.598. The first kappa shape index (κ1) is 16.3. The number of hydrogen-bond acceptors (Lipinski definition) is 4. The van der Waals surface area contributed by atoms with Gasteiger partial charge in [-0.15, -0.1) is 0 Å². The smallest absolute Gasteiger partial charge is 0.320 e. The van der Waals surface area contributed by atoms with E-state index in [1.165, 1.54) is 5.56 Å².